The second-order valence-corrected chi connectivity index (χ2v) is 6.33. The molecule has 0 saturated carbocycles. The number of allylic oxidation sites excluding steroid dienone is 1. The van der Waals surface area contributed by atoms with Crippen molar-refractivity contribution in [3.8, 4) is 17.2 Å². The van der Waals surface area contributed by atoms with Crippen molar-refractivity contribution in [2.45, 2.75) is 52.9 Å². The molecule has 1 rings (SSSR count). The van der Waals surface area contributed by atoms with Crippen LogP contribution in [0.4, 0.5) is 0 Å². The maximum absolute atomic E-state index is 12.6. The van der Waals surface area contributed by atoms with Gasteiger partial charge < -0.3 is 24.1 Å². The Labute approximate surface area is 172 Å². The van der Waals surface area contributed by atoms with E-state index in [-0.39, 0.29) is 36.0 Å². The van der Waals surface area contributed by atoms with E-state index in [1.165, 1.54) is 14.2 Å². The molecule has 0 atom stereocenters. The lowest BCUT2D eigenvalue weighted by molar-refractivity contribution is -0.146. The number of aromatic hydroxyl groups is 1. The average Bonchev–Trinajstić information content (AvgIpc) is 2.70. The molecule has 0 aromatic heterocycles. The van der Waals surface area contributed by atoms with Gasteiger partial charge in [0.05, 0.1) is 27.4 Å². The average molecular weight is 408 g/mol. The summed E-state index contributed by atoms with van der Waals surface area (Å²) in [6.45, 7) is 5.72. The Kier molecular flexibility index (Phi) is 10.7. The number of ether oxygens (including phenoxy) is 4. The molecule has 0 spiro atoms. The van der Waals surface area contributed by atoms with Gasteiger partial charge in [-0.1, -0.05) is 26.2 Å². The Morgan fingerprint density at radius 1 is 0.862 bits per heavy atom. The number of phenols is 1. The van der Waals surface area contributed by atoms with E-state index in [0.717, 1.165) is 25.7 Å². The molecule has 7 nitrogen and oxygen atoms in total. The van der Waals surface area contributed by atoms with Crippen LogP contribution >= 0.6 is 0 Å². The third kappa shape index (κ3) is 6.69. The van der Waals surface area contributed by atoms with Crippen LogP contribution in [0.25, 0.3) is 5.57 Å². The van der Waals surface area contributed by atoms with Gasteiger partial charge in [-0.15, -0.1) is 0 Å². The molecule has 0 amide bonds. The molecular formula is C22H32O7. The Hall–Kier alpha value is -2.70. The lowest BCUT2D eigenvalue weighted by Crippen LogP contribution is -2.20. The van der Waals surface area contributed by atoms with Crippen molar-refractivity contribution in [3.63, 3.8) is 0 Å². The highest BCUT2D eigenvalue weighted by molar-refractivity contribution is 6.20. The predicted octanol–water partition coefficient (Wildman–Crippen LogP) is 4.26. The molecule has 0 aliphatic heterocycles. The quantitative estimate of drug-likeness (QED) is 0.182. The molecule has 1 aromatic carbocycles. The fraction of sp³-hybridized carbons (Fsp3) is 0.545. The van der Waals surface area contributed by atoms with Gasteiger partial charge in [-0.3, -0.25) is 0 Å². The van der Waals surface area contributed by atoms with E-state index in [9.17, 15) is 14.7 Å². The lowest BCUT2D eigenvalue weighted by Gasteiger charge is -2.17. The van der Waals surface area contributed by atoms with E-state index in [4.69, 9.17) is 18.9 Å². The van der Waals surface area contributed by atoms with Gasteiger partial charge in [0.25, 0.3) is 0 Å². The van der Waals surface area contributed by atoms with Crippen LogP contribution in [-0.4, -0.2) is 44.5 Å². The number of hydrogen-bond acceptors (Lipinski definition) is 7. The largest absolute Gasteiger partial charge is 0.502 e. The summed E-state index contributed by atoms with van der Waals surface area (Å²) in [5, 5.41) is 10.2. The summed E-state index contributed by atoms with van der Waals surface area (Å²) in [5.74, 6) is -1.27. The maximum atomic E-state index is 12.6. The zero-order valence-corrected chi connectivity index (χ0v) is 18.0. The molecule has 7 heteroatoms. The van der Waals surface area contributed by atoms with E-state index in [2.05, 4.69) is 6.92 Å². The van der Waals surface area contributed by atoms with Crippen LogP contribution in [0.5, 0.6) is 17.2 Å². The van der Waals surface area contributed by atoms with Gasteiger partial charge in [0, 0.05) is 0 Å². The number of benzene rings is 1. The molecule has 0 heterocycles. The van der Waals surface area contributed by atoms with Crippen LogP contribution in [0.3, 0.4) is 0 Å². The lowest BCUT2D eigenvalue weighted by atomic mass is 9.93. The molecule has 0 aliphatic carbocycles. The highest BCUT2D eigenvalue weighted by Gasteiger charge is 2.27. The number of hydrogen-bond donors (Lipinski definition) is 1. The fourth-order valence-corrected chi connectivity index (χ4v) is 2.95. The van der Waals surface area contributed by atoms with E-state index in [1.54, 1.807) is 26.0 Å². The number of rotatable bonds is 12. The van der Waals surface area contributed by atoms with Crippen molar-refractivity contribution in [1.82, 2.24) is 0 Å². The highest BCUT2D eigenvalue weighted by atomic mass is 16.6. The molecule has 0 unspecified atom stereocenters. The van der Waals surface area contributed by atoms with Crippen molar-refractivity contribution < 1.29 is 33.6 Å². The molecule has 1 aromatic rings. The van der Waals surface area contributed by atoms with Gasteiger partial charge >= 0.3 is 11.9 Å². The summed E-state index contributed by atoms with van der Waals surface area (Å²) >= 11 is 0. The van der Waals surface area contributed by atoms with E-state index >= 15 is 0 Å². The molecule has 29 heavy (non-hydrogen) atoms. The smallest absolute Gasteiger partial charge is 0.345 e. The molecule has 0 saturated heterocycles. The van der Waals surface area contributed by atoms with Crippen molar-refractivity contribution in [2.75, 3.05) is 27.4 Å². The topological polar surface area (TPSA) is 91.3 Å². The first-order valence-corrected chi connectivity index (χ1v) is 9.97. The molecule has 1 N–H and O–H groups in total. The van der Waals surface area contributed by atoms with Gasteiger partial charge in [0.2, 0.25) is 5.75 Å². The van der Waals surface area contributed by atoms with Crippen molar-refractivity contribution in [3.05, 3.63) is 23.3 Å². The first-order valence-electron chi connectivity index (χ1n) is 9.97. The van der Waals surface area contributed by atoms with Gasteiger partial charge in [-0.25, -0.2) is 9.59 Å². The van der Waals surface area contributed by atoms with Gasteiger partial charge in [0.15, 0.2) is 11.5 Å². The third-order valence-corrected chi connectivity index (χ3v) is 4.37. The predicted molar refractivity (Wildman–Crippen MR) is 110 cm³/mol. The van der Waals surface area contributed by atoms with Crippen LogP contribution < -0.4 is 9.47 Å². The summed E-state index contributed by atoms with van der Waals surface area (Å²) < 4.78 is 20.7. The first-order chi connectivity index (χ1) is 13.9. The second-order valence-electron chi connectivity index (χ2n) is 6.33. The summed E-state index contributed by atoms with van der Waals surface area (Å²) in [4.78, 5) is 25.3. The van der Waals surface area contributed by atoms with Crippen molar-refractivity contribution in [1.29, 1.82) is 0 Å². The number of carbonyl (C=O) groups is 2. The molecular weight excluding hydrogens is 376 g/mol. The molecule has 0 radical (unpaired) electrons. The standard InChI is InChI=1S/C22H32O7/c1-6-9-10-11-12-16(19(21(24)28-7-2)22(25)29-8-3)15-13-17(26-4)20(23)18(14-15)27-5/h13-14,23H,6-12H2,1-5H3. The molecule has 0 fully saturated rings. The van der Waals surface area contributed by atoms with Crippen molar-refractivity contribution >= 4 is 17.5 Å². The SMILES string of the molecule is CCCCCCC(=C(C(=O)OCC)C(=O)OCC)c1cc(OC)c(O)c(OC)c1. The molecule has 162 valence electrons. The normalized spacial score (nSPS) is 10.2. The summed E-state index contributed by atoms with van der Waals surface area (Å²) in [6.07, 6.45) is 4.29. The summed E-state index contributed by atoms with van der Waals surface area (Å²) in [6, 6.07) is 3.15. The highest BCUT2D eigenvalue weighted by Crippen LogP contribution is 2.40. The van der Waals surface area contributed by atoms with Crippen LogP contribution in [0.1, 0.15) is 58.4 Å². The molecule has 0 aliphatic rings. The zero-order valence-electron chi connectivity index (χ0n) is 18.0. The van der Waals surface area contributed by atoms with Crippen LogP contribution in [-0.2, 0) is 19.1 Å². The van der Waals surface area contributed by atoms with Gasteiger partial charge in [-0.05, 0) is 50.0 Å². The van der Waals surface area contributed by atoms with E-state index < -0.39 is 11.9 Å². The number of unbranched alkanes of at least 4 members (excludes halogenated alkanes) is 3. The minimum Gasteiger partial charge on any atom is -0.502 e. The van der Waals surface area contributed by atoms with E-state index in [0.29, 0.717) is 17.6 Å². The Morgan fingerprint density at radius 3 is 1.79 bits per heavy atom. The Morgan fingerprint density at radius 2 is 1.38 bits per heavy atom. The minimum atomic E-state index is -0.734. The molecule has 0 bridgehead atoms. The van der Waals surface area contributed by atoms with E-state index in [1.807, 2.05) is 0 Å². The fourth-order valence-electron chi connectivity index (χ4n) is 2.95. The number of esters is 2. The number of phenolic OH excluding ortho intramolecular Hbond substituents is 1. The van der Waals surface area contributed by atoms with Gasteiger partial charge in [0.1, 0.15) is 5.57 Å². The third-order valence-electron chi connectivity index (χ3n) is 4.37. The first kappa shape index (κ1) is 24.3. The number of methoxy groups -OCH3 is 2. The van der Waals surface area contributed by atoms with Gasteiger partial charge in [-0.2, -0.15) is 0 Å². The Bertz CT molecular complexity index is 677. The maximum Gasteiger partial charge on any atom is 0.345 e. The minimum absolute atomic E-state index is 0.132. The summed E-state index contributed by atoms with van der Waals surface area (Å²) in [7, 11) is 2.83. The number of carbonyl (C=O) groups excluding carboxylic acids is 2. The van der Waals surface area contributed by atoms with Crippen LogP contribution in [0.15, 0.2) is 17.7 Å². The monoisotopic (exact) mass is 408 g/mol. The van der Waals surface area contributed by atoms with Crippen LogP contribution in [0.2, 0.25) is 0 Å². The Balaban J connectivity index is 3.63. The summed E-state index contributed by atoms with van der Waals surface area (Å²) in [5.41, 5.74) is 0.874. The second kappa shape index (κ2) is 12.7. The van der Waals surface area contributed by atoms with Crippen LogP contribution in [0, 0.1) is 0 Å². The van der Waals surface area contributed by atoms with Crippen molar-refractivity contribution in [2.24, 2.45) is 0 Å². The zero-order chi connectivity index (χ0) is 21.8.